The van der Waals surface area contributed by atoms with Crippen LogP contribution in [0.25, 0.3) is 5.65 Å². The van der Waals surface area contributed by atoms with Crippen molar-refractivity contribution in [2.75, 3.05) is 24.5 Å². The second-order valence-electron chi connectivity index (χ2n) is 6.35. The van der Waals surface area contributed by atoms with Crippen molar-refractivity contribution in [2.45, 2.75) is 12.7 Å². The first-order valence-corrected chi connectivity index (χ1v) is 8.39. The lowest BCUT2D eigenvalue weighted by atomic mass is 10.2. The molecular weight excluding hydrogens is 359 g/mol. The van der Waals surface area contributed by atoms with Crippen LogP contribution in [0.2, 0.25) is 0 Å². The van der Waals surface area contributed by atoms with E-state index >= 15 is 0 Å². The Hall–Kier alpha value is -2.94. The molecular formula is C18H16F3N5O. The number of rotatable bonds is 3. The van der Waals surface area contributed by atoms with Crippen LogP contribution in [0.3, 0.4) is 0 Å². The summed E-state index contributed by atoms with van der Waals surface area (Å²) in [5.41, 5.74) is 0.884. The highest BCUT2D eigenvalue weighted by atomic mass is 19.4. The van der Waals surface area contributed by atoms with E-state index in [1.807, 2.05) is 39.9 Å². The molecule has 27 heavy (non-hydrogen) atoms. The molecule has 0 saturated carbocycles. The van der Waals surface area contributed by atoms with Crippen LogP contribution in [-0.2, 0) is 17.5 Å². The van der Waals surface area contributed by atoms with Gasteiger partial charge in [-0.05, 0) is 24.3 Å². The Kier molecular flexibility index (Phi) is 4.31. The third-order valence-corrected chi connectivity index (χ3v) is 4.44. The standard InChI is InChI=1S/C18H16F3N5O/c19-18(20,21)15-9-14(4-5-22-15)26-8-7-24(12-17(26)27)10-13-11-25-6-2-1-3-16(25)23-13/h1-6,9,11H,7-8,10,12H2. The zero-order chi connectivity index (χ0) is 19.0. The minimum Gasteiger partial charge on any atom is -0.310 e. The van der Waals surface area contributed by atoms with Gasteiger partial charge in [-0.15, -0.1) is 0 Å². The molecule has 140 valence electrons. The maximum absolute atomic E-state index is 12.8. The minimum absolute atomic E-state index is 0.123. The highest BCUT2D eigenvalue weighted by Crippen LogP contribution is 2.30. The monoisotopic (exact) mass is 375 g/mol. The third-order valence-electron chi connectivity index (χ3n) is 4.44. The molecule has 1 saturated heterocycles. The fourth-order valence-electron chi connectivity index (χ4n) is 3.16. The first-order chi connectivity index (χ1) is 12.9. The number of carbonyl (C=O) groups is 1. The number of nitrogens with zero attached hydrogens (tertiary/aromatic N) is 5. The second kappa shape index (κ2) is 6.66. The van der Waals surface area contributed by atoms with Gasteiger partial charge in [0.05, 0.1) is 12.2 Å². The van der Waals surface area contributed by atoms with E-state index in [0.29, 0.717) is 19.6 Å². The number of imidazole rings is 1. The van der Waals surface area contributed by atoms with Crippen molar-refractivity contribution >= 4 is 17.2 Å². The summed E-state index contributed by atoms with van der Waals surface area (Å²) < 4.78 is 40.4. The molecule has 0 spiro atoms. The summed E-state index contributed by atoms with van der Waals surface area (Å²) in [4.78, 5) is 23.6. The number of aromatic nitrogens is 3. The number of hydrogen-bond acceptors (Lipinski definition) is 4. The van der Waals surface area contributed by atoms with Gasteiger partial charge in [-0.25, -0.2) is 4.98 Å². The van der Waals surface area contributed by atoms with Gasteiger partial charge in [0.2, 0.25) is 5.91 Å². The van der Waals surface area contributed by atoms with E-state index in [0.717, 1.165) is 23.6 Å². The molecule has 1 fully saturated rings. The number of piperazine rings is 1. The fraction of sp³-hybridized carbons (Fsp3) is 0.278. The van der Waals surface area contributed by atoms with Crippen LogP contribution in [0.1, 0.15) is 11.4 Å². The molecule has 0 atom stereocenters. The molecule has 0 aliphatic carbocycles. The molecule has 0 N–H and O–H groups in total. The largest absolute Gasteiger partial charge is 0.433 e. The van der Waals surface area contributed by atoms with Crippen LogP contribution in [0, 0.1) is 0 Å². The number of halogens is 3. The summed E-state index contributed by atoms with van der Waals surface area (Å²) in [6.45, 7) is 1.49. The zero-order valence-electron chi connectivity index (χ0n) is 14.2. The number of pyridine rings is 2. The van der Waals surface area contributed by atoms with Crippen molar-refractivity contribution in [3.63, 3.8) is 0 Å². The molecule has 0 aromatic carbocycles. The van der Waals surface area contributed by atoms with Crippen LogP contribution in [-0.4, -0.2) is 44.8 Å². The third kappa shape index (κ3) is 3.63. The van der Waals surface area contributed by atoms with Crippen molar-refractivity contribution in [3.05, 3.63) is 60.3 Å². The van der Waals surface area contributed by atoms with Gasteiger partial charge in [-0.3, -0.25) is 14.7 Å². The van der Waals surface area contributed by atoms with Crippen LogP contribution in [0.4, 0.5) is 18.9 Å². The van der Waals surface area contributed by atoms with E-state index in [-0.39, 0.29) is 18.1 Å². The number of amides is 1. The predicted octanol–water partition coefficient (Wildman–Crippen LogP) is 2.60. The smallest absolute Gasteiger partial charge is 0.310 e. The van der Waals surface area contributed by atoms with Crippen LogP contribution >= 0.6 is 0 Å². The van der Waals surface area contributed by atoms with E-state index in [2.05, 4.69) is 9.97 Å². The maximum atomic E-state index is 12.8. The Morgan fingerprint density at radius 3 is 2.74 bits per heavy atom. The van der Waals surface area contributed by atoms with Gasteiger partial charge in [0.25, 0.3) is 0 Å². The fourth-order valence-corrected chi connectivity index (χ4v) is 3.16. The highest BCUT2D eigenvalue weighted by Gasteiger charge is 2.34. The summed E-state index contributed by atoms with van der Waals surface area (Å²) in [6.07, 6.45) is 0.347. The Morgan fingerprint density at radius 2 is 2.00 bits per heavy atom. The topological polar surface area (TPSA) is 53.7 Å². The quantitative estimate of drug-likeness (QED) is 0.706. The molecule has 6 nitrogen and oxygen atoms in total. The molecule has 3 aromatic heterocycles. The number of fused-ring (bicyclic) bond motifs is 1. The molecule has 0 bridgehead atoms. The number of anilines is 1. The molecule has 1 amide bonds. The van der Waals surface area contributed by atoms with Crippen LogP contribution in [0.5, 0.6) is 0 Å². The summed E-state index contributed by atoms with van der Waals surface area (Å²) in [5, 5.41) is 0. The zero-order valence-corrected chi connectivity index (χ0v) is 14.2. The van der Waals surface area contributed by atoms with Gasteiger partial charge in [-0.2, -0.15) is 13.2 Å². The summed E-state index contributed by atoms with van der Waals surface area (Å²) >= 11 is 0. The molecule has 9 heteroatoms. The van der Waals surface area contributed by atoms with Crippen LogP contribution in [0.15, 0.2) is 48.9 Å². The summed E-state index contributed by atoms with van der Waals surface area (Å²) in [5.74, 6) is -0.246. The number of carbonyl (C=O) groups excluding carboxylic acids is 1. The van der Waals surface area contributed by atoms with Gasteiger partial charge in [0.15, 0.2) is 0 Å². The van der Waals surface area contributed by atoms with Crippen molar-refractivity contribution in [2.24, 2.45) is 0 Å². The Morgan fingerprint density at radius 1 is 1.15 bits per heavy atom. The van der Waals surface area contributed by atoms with Gasteiger partial charge in [0.1, 0.15) is 11.3 Å². The molecule has 4 rings (SSSR count). The maximum Gasteiger partial charge on any atom is 0.433 e. The lowest BCUT2D eigenvalue weighted by Gasteiger charge is -2.34. The number of alkyl halides is 3. The lowest BCUT2D eigenvalue weighted by Crippen LogP contribution is -2.50. The Labute approximate surface area is 152 Å². The van der Waals surface area contributed by atoms with Gasteiger partial charge >= 0.3 is 6.18 Å². The lowest BCUT2D eigenvalue weighted by molar-refractivity contribution is -0.141. The normalized spacial score (nSPS) is 16.3. The van der Waals surface area contributed by atoms with E-state index < -0.39 is 11.9 Å². The van der Waals surface area contributed by atoms with E-state index in [1.54, 1.807) is 0 Å². The van der Waals surface area contributed by atoms with Crippen molar-refractivity contribution in [1.29, 1.82) is 0 Å². The van der Waals surface area contributed by atoms with Gasteiger partial charge < -0.3 is 9.30 Å². The predicted molar refractivity (Wildman–Crippen MR) is 92.1 cm³/mol. The van der Waals surface area contributed by atoms with Crippen LogP contribution < -0.4 is 4.90 Å². The van der Waals surface area contributed by atoms with Gasteiger partial charge in [-0.1, -0.05) is 6.07 Å². The molecule has 1 aliphatic rings. The molecule has 0 unspecified atom stereocenters. The molecule has 3 aromatic rings. The highest BCUT2D eigenvalue weighted by molar-refractivity contribution is 5.95. The van der Waals surface area contributed by atoms with E-state index in [1.165, 1.54) is 11.0 Å². The van der Waals surface area contributed by atoms with Gasteiger partial charge in [0, 0.05) is 43.9 Å². The van der Waals surface area contributed by atoms with E-state index in [9.17, 15) is 18.0 Å². The Bertz CT molecular complexity index is 951. The minimum atomic E-state index is -4.54. The summed E-state index contributed by atoms with van der Waals surface area (Å²) in [6, 6.07) is 8.04. The molecule has 4 heterocycles. The second-order valence-corrected chi connectivity index (χ2v) is 6.35. The average Bonchev–Trinajstić information content (AvgIpc) is 3.03. The first kappa shape index (κ1) is 17.5. The van der Waals surface area contributed by atoms with E-state index in [4.69, 9.17) is 0 Å². The SMILES string of the molecule is O=C1CN(Cc2cn3ccccc3n2)CCN1c1ccnc(C(F)(F)F)c1. The average molecular weight is 375 g/mol. The van der Waals surface area contributed by atoms with Crippen molar-refractivity contribution < 1.29 is 18.0 Å². The molecule has 1 aliphatic heterocycles. The molecule has 0 radical (unpaired) electrons. The van der Waals surface area contributed by atoms with Crippen molar-refractivity contribution in [1.82, 2.24) is 19.3 Å². The number of hydrogen-bond donors (Lipinski definition) is 0. The van der Waals surface area contributed by atoms with Crippen molar-refractivity contribution in [3.8, 4) is 0 Å². The summed E-state index contributed by atoms with van der Waals surface area (Å²) in [7, 11) is 0. The Balaban J connectivity index is 1.45. The first-order valence-electron chi connectivity index (χ1n) is 8.39.